The summed E-state index contributed by atoms with van der Waals surface area (Å²) in [5, 5.41) is 14.0. The van der Waals surface area contributed by atoms with Crippen LogP contribution < -0.4 is 10.2 Å². The van der Waals surface area contributed by atoms with E-state index in [-0.39, 0.29) is 6.04 Å². The zero-order valence-corrected chi connectivity index (χ0v) is 13.2. The van der Waals surface area contributed by atoms with E-state index in [0.29, 0.717) is 5.92 Å². The summed E-state index contributed by atoms with van der Waals surface area (Å²) >= 11 is 0. The van der Waals surface area contributed by atoms with Crippen LogP contribution in [0.3, 0.4) is 0 Å². The number of anilines is 1. The molecule has 21 heavy (non-hydrogen) atoms. The molecule has 4 heteroatoms. The molecule has 1 saturated heterocycles. The van der Waals surface area contributed by atoms with E-state index in [4.69, 9.17) is 0 Å². The average Bonchev–Trinajstić information content (AvgIpc) is 2.53. The first kappa shape index (κ1) is 14.8. The summed E-state index contributed by atoms with van der Waals surface area (Å²) in [5.74, 6) is 0.427. The van der Waals surface area contributed by atoms with Gasteiger partial charge in [0.25, 0.3) is 0 Å². The molecule has 0 bridgehead atoms. The molecule has 0 radical (unpaired) electrons. The maximum atomic E-state index is 10.8. The first-order valence-corrected chi connectivity index (χ1v) is 8.23. The molecule has 4 nitrogen and oxygen atoms in total. The van der Waals surface area contributed by atoms with Crippen LogP contribution in [-0.2, 0) is 0 Å². The van der Waals surface area contributed by atoms with Crippen molar-refractivity contribution in [3.05, 3.63) is 24.0 Å². The van der Waals surface area contributed by atoms with Crippen LogP contribution >= 0.6 is 0 Å². The lowest BCUT2D eigenvalue weighted by atomic mass is 9.71. The molecule has 0 amide bonds. The molecule has 2 fully saturated rings. The van der Waals surface area contributed by atoms with Crippen LogP contribution in [0.4, 0.5) is 5.69 Å². The van der Waals surface area contributed by atoms with Gasteiger partial charge >= 0.3 is 0 Å². The van der Waals surface area contributed by atoms with E-state index in [1.165, 1.54) is 18.5 Å². The molecule has 3 rings (SSSR count). The molecule has 1 aromatic heterocycles. The van der Waals surface area contributed by atoms with Crippen LogP contribution in [0.2, 0.25) is 0 Å². The molecule has 2 heterocycles. The highest BCUT2D eigenvalue weighted by Gasteiger charge is 2.42. The topological polar surface area (TPSA) is 48.4 Å². The number of nitrogens with zero attached hydrogens (tertiary/aromatic N) is 2. The van der Waals surface area contributed by atoms with E-state index in [9.17, 15) is 5.11 Å². The fourth-order valence-corrected chi connectivity index (χ4v) is 3.79. The minimum absolute atomic E-state index is 0.281. The van der Waals surface area contributed by atoms with Gasteiger partial charge in [0.05, 0.1) is 23.2 Å². The molecule has 0 spiro atoms. The number of aliphatic hydroxyl groups is 1. The third-order valence-electron chi connectivity index (χ3n) is 5.44. The minimum atomic E-state index is -0.400. The van der Waals surface area contributed by atoms with Gasteiger partial charge in [-0.25, -0.2) is 0 Å². The number of piperidine rings is 1. The Kier molecular flexibility index (Phi) is 4.18. The minimum Gasteiger partial charge on any atom is -0.389 e. The van der Waals surface area contributed by atoms with Crippen LogP contribution in [0, 0.1) is 5.92 Å². The highest BCUT2D eigenvalue weighted by molar-refractivity contribution is 5.45. The molecule has 1 aliphatic heterocycles. The molecule has 2 aliphatic rings. The summed E-state index contributed by atoms with van der Waals surface area (Å²) in [7, 11) is 1.95. The molecule has 3 unspecified atom stereocenters. The maximum Gasteiger partial charge on any atom is 0.0709 e. The lowest BCUT2D eigenvalue weighted by Gasteiger charge is -2.48. The molecule has 1 aromatic rings. The van der Waals surface area contributed by atoms with E-state index in [0.717, 1.165) is 38.0 Å². The summed E-state index contributed by atoms with van der Waals surface area (Å²) in [6.07, 6.45) is 7.48. The largest absolute Gasteiger partial charge is 0.389 e. The Bertz CT molecular complexity index is 475. The van der Waals surface area contributed by atoms with E-state index in [1.54, 1.807) is 0 Å². The van der Waals surface area contributed by atoms with Crippen LogP contribution in [0.15, 0.2) is 18.3 Å². The van der Waals surface area contributed by atoms with E-state index in [1.807, 2.05) is 13.2 Å². The Morgan fingerprint density at radius 2 is 2.24 bits per heavy atom. The lowest BCUT2D eigenvalue weighted by molar-refractivity contribution is -0.0612. The van der Waals surface area contributed by atoms with Crippen LogP contribution in [0.25, 0.3) is 0 Å². The second-order valence-electron chi connectivity index (χ2n) is 6.69. The van der Waals surface area contributed by atoms with Gasteiger partial charge in [0, 0.05) is 25.0 Å². The summed E-state index contributed by atoms with van der Waals surface area (Å²) in [5.41, 5.74) is 1.87. The SMILES string of the molecule is CNC(C)c1ccc(N2CCC3(O)CCCCC3C2)cn1. The predicted octanol–water partition coefficient (Wildman–Crippen LogP) is 2.49. The summed E-state index contributed by atoms with van der Waals surface area (Å²) in [6.45, 7) is 4.03. The Morgan fingerprint density at radius 3 is 2.95 bits per heavy atom. The van der Waals surface area contributed by atoms with Gasteiger partial charge in [0.2, 0.25) is 0 Å². The highest BCUT2D eigenvalue weighted by atomic mass is 16.3. The second kappa shape index (κ2) is 5.93. The van der Waals surface area contributed by atoms with E-state index in [2.05, 4.69) is 34.3 Å². The monoisotopic (exact) mass is 289 g/mol. The third-order valence-corrected chi connectivity index (χ3v) is 5.44. The van der Waals surface area contributed by atoms with Gasteiger partial charge in [-0.1, -0.05) is 12.8 Å². The van der Waals surface area contributed by atoms with Crippen molar-refractivity contribution >= 4 is 5.69 Å². The summed E-state index contributed by atoms with van der Waals surface area (Å²) in [4.78, 5) is 6.97. The smallest absolute Gasteiger partial charge is 0.0709 e. The van der Waals surface area contributed by atoms with Crippen molar-refractivity contribution in [2.45, 2.75) is 50.7 Å². The van der Waals surface area contributed by atoms with Crippen LogP contribution in [0.1, 0.15) is 50.8 Å². The molecule has 2 N–H and O–H groups in total. The van der Waals surface area contributed by atoms with Crippen molar-refractivity contribution in [1.82, 2.24) is 10.3 Å². The number of hydrogen-bond acceptors (Lipinski definition) is 4. The predicted molar refractivity (Wildman–Crippen MR) is 85.4 cm³/mol. The van der Waals surface area contributed by atoms with Gasteiger partial charge in [0.15, 0.2) is 0 Å². The van der Waals surface area contributed by atoms with Crippen LogP contribution in [-0.4, -0.2) is 35.8 Å². The normalized spacial score (nSPS) is 30.8. The maximum absolute atomic E-state index is 10.8. The third kappa shape index (κ3) is 2.92. The van der Waals surface area contributed by atoms with Crippen molar-refractivity contribution in [3.63, 3.8) is 0 Å². The molecular formula is C17H27N3O. The van der Waals surface area contributed by atoms with Crippen LogP contribution in [0.5, 0.6) is 0 Å². The molecule has 1 saturated carbocycles. The van der Waals surface area contributed by atoms with Crippen molar-refractivity contribution < 1.29 is 5.11 Å². The van der Waals surface area contributed by atoms with Gasteiger partial charge in [-0.3, -0.25) is 4.98 Å². The Hall–Kier alpha value is -1.13. The lowest BCUT2D eigenvalue weighted by Crippen LogP contribution is -2.53. The molecule has 3 atom stereocenters. The van der Waals surface area contributed by atoms with Crippen molar-refractivity contribution in [2.24, 2.45) is 5.92 Å². The zero-order chi connectivity index (χ0) is 14.9. The Morgan fingerprint density at radius 1 is 1.38 bits per heavy atom. The van der Waals surface area contributed by atoms with Crippen molar-refractivity contribution in [3.8, 4) is 0 Å². The Balaban J connectivity index is 1.70. The Labute approximate surface area is 127 Å². The number of hydrogen-bond donors (Lipinski definition) is 2. The number of fused-ring (bicyclic) bond motifs is 1. The molecule has 0 aromatic carbocycles. The second-order valence-corrected chi connectivity index (χ2v) is 6.69. The van der Waals surface area contributed by atoms with Gasteiger partial charge in [0.1, 0.15) is 0 Å². The number of pyridine rings is 1. The van der Waals surface area contributed by atoms with E-state index >= 15 is 0 Å². The number of rotatable bonds is 3. The molecule has 1 aliphatic carbocycles. The van der Waals surface area contributed by atoms with Gasteiger partial charge in [-0.2, -0.15) is 0 Å². The van der Waals surface area contributed by atoms with Gasteiger partial charge in [-0.05, 0) is 45.4 Å². The molecular weight excluding hydrogens is 262 g/mol. The van der Waals surface area contributed by atoms with Crippen molar-refractivity contribution in [1.29, 1.82) is 0 Å². The highest BCUT2D eigenvalue weighted by Crippen LogP contribution is 2.40. The number of aromatic nitrogens is 1. The zero-order valence-electron chi connectivity index (χ0n) is 13.2. The number of nitrogens with one attached hydrogen (secondary N) is 1. The quantitative estimate of drug-likeness (QED) is 0.897. The fourth-order valence-electron chi connectivity index (χ4n) is 3.79. The molecule has 116 valence electrons. The first-order chi connectivity index (χ1) is 10.1. The first-order valence-electron chi connectivity index (χ1n) is 8.23. The average molecular weight is 289 g/mol. The standard InChI is InChI=1S/C17H27N3O/c1-13(18-2)16-7-6-15(11-19-16)20-10-9-17(21)8-4-3-5-14(17)12-20/h6-7,11,13-14,18,21H,3-5,8-10,12H2,1-2H3. The van der Waals surface area contributed by atoms with E-state index < -0.39 is 5.60 Å². The van der Waals surface area contributed by atoms with Gasteiger partial charge in [-0.15, -0.1) is 0 Å². The van der Waals surface area contributed by atoms with Gasteiger partial charge < -0.3 is 15.3 Å². The fraction of sp³-hybridized carbons (Fsp3) is 0.706. The summed E-state index contributed by atoms with van der Waals surface area (Å²) < 4.78 is 0. The van der Waals surface area contributed by atoms with Crippen molar-refractivity contribution in [2.75, 3.05) is 25.0 Å². The summed E-state index contributed by atoms with van der Waals surface area (Å²) in [6, 6.07) is 4.56.